The third-order valence-electron chi connectivity index (χ3n) is 3.46. The van der Waals surface area contributed by atoms with Gasteiger partial charge in [0, 0.05) is 25.5 Å². The molecule has 0 saturated heterocycles. The number of aliphatic hydroxyl groups excluding tert-OH is 1. The van der Waals surface area contributed by atoms with Gasteiger partial charge in [0.25, 0.3) is 0 Å². The molecule has 1 aromatic heterocycles. The minimum atomic E-state index is -0.252. The summed E-state index contributed by atoms with van der Waals surface area (Å²) in [6.45, 7) is 2.15. The molecule has 0 radical (unpaired) electrons. The van der Waals surface area contributed by atoms with Crippen LogP contribution in [0.25, 0.3) is 0 Å². The number of aliphatic hydroxyl groups is 1. The van der Waals surface area contributed by atoms with Crippen LogP contribution in [0, 0.1) is 5.92 Å². The van der Waals surface area contributed by atoms with Crippen molar-refractivity contribution in [2.45, 2.75) is 38.3 Å². The molecule has 3 unspecified atom stereocenters. The number of imidazole rings is 1. The van der Waals surface area contributed by atoms with Crippen molar-refractivity contribution < 1.29 is 5.11 Å². The Balaban J connectivity index is 2.29. The van der Waals surface area contributed by atoms with Gasteiger partial charge in [-0.1, -0.05) is 6.92 Å². The van der Waals surface area contributed by atoms with Gasteiger partial charge in [-0.05, 0) is 25.2 Å². The van der Waals surface area contributed by atoms with E-state index in [0.717, 1.165) is 12.8 Å². The molecule has 1 N–H and O–H groups in total. The van der Waals surface area contributed by atoms with Crippen molar-refractivity contribution >= 4 is 0 Å². The van der Waals surface area contributed by atoms with Gasteiger partial charge in [0.05, 0.1) is 6.10 Å². The summed E-state index contributed by atoms with van der Waals surface area (Å²) in [5, 5.41) is 9.63. The first-order chi connectivity index (χ1) is 7.09. The van der Waals surface area contributed by atoms with Crippen molar-refractivity contribution in [3.8, 4) is 0 Å². The molecule has 0 aromatic carbocycles. The third-order valence-corrected chi connectivity index (χ3v) is 3.46. The highest BCUT2D eigenvalue weighted by Crippen LogP contribution is 2.32. The number of nitrogens with zero attached hydrogens (tertiary/aromatic N) is 2. The quantitative estimate of drug-likeness (QED) is 0.749. The summed E-state index contributed by atoms with van der Waals surface area (Å²) in [6, 6.07) is 0.155. The fourth-order valence-corrected chi connectivity index (χ4v) is 2.40. The predicted octanol–water partition coefficient (Wildman–Crippen LogP) is 0.909. The number of aryl methyl sites for hydroxylation is 1. The Kier molecular flexibility index (Phi) is 2.69. The van der Waals surface area contributed by atoms with Crippen LogP contribution >= 0.6 is 0 Å². The molecule has 1 fully saturated rings. The van der Waals surface area contributed by atoms with Crippen LogP contribution in [0.3, 0.4) is 0 Å². The first-order valence-electron chi connectivity index (χ1n) is 5.51. The summed E-state index contributed by atoms with van der Waals surface area (Å²) >= 11 is 0. The Labute approximate surface area is 89.1 Å². The summed E-state index contributed by atoms with van der Waals surface area (Å²) in [6.07, 6.45) is 5.90. The molecule has 0 aliphatic heterocycles. The molecule has 84 valence electrons. The highest BCUT2D eigenvalue weighted by Gasteiger charge is 2.28. The van der Waals surface area contributed by atoms with E-state index >= 15 is 0 Å². The predicted molar refractivity (Wildman–Crippen MR) is 57.7 cm³/mol. The van der Waals surface area contributed by atoms with E-state index < -0.39 is 0 Å². The Bertz CT molecular complexity index is 394. The van der Waals surface area contributed by atoms with Gasteiger partial charge < -0.3 is 9.67 Å². The molecule has 3 atom stereocenters. The van der Waals surface area contributed by atoms with Gasteiger partial charge in [-0.25, -0.2) is 4.79 Å². The van der Waals surface area contributed by atoms with Crippen LogP contribution in [0.2, 0.25) is 0 Å². The van der Waals surface area contributed by atoms with E-state index in [1.165, 1.54) is 0 Å². The topological polar surface area (TPSA) is 47.2 Å². The number of aromatic nitrogens is 2. The van der Waals surface area contributed by atoms with Gasteiger partial charge in [0.2, 0.25) is 0 Å². The fraction of sp³-hybridized carbons (Fsp3) is 0.727. The zero-order valence-corrected chi connectivity index (χ0v) is 9.26. The molecule has 1 heterocycles. The van der Waals surface area contributed by atoms with E-state index in [-0.39, 0.29) is 17.8 Å². The second-order valence-electron chi connectivity index (χ2n) is 4.61. The summed E-state index contributed by atoms with van der Waals surface area (Å²) in [4.78, 5) is 11.8. The normalized spacial score (nSPS) is 31.8. The maximum absolute atomic E-state index is 11.8. The summed E-state index contributed by atoms with van der Waals surface area (Å²) in [5.41, 5.74) is 0.0148. The number of rotatable bonds is 1. The molecule has 0 amide bonds. The van der Waals surface area contributed by atoms with Crippen LogP contribution in [0.4, 0.5) is 0 Å². The maximum Gasteiger partial charge on any atom is 0.328 e. The third kappa shape index (κ3) is 1.86. The Morgan fingerprint density at radius 3 is 2.73 bits per heavy atom. The van der Waals surface area contributed by atoms with E-state index in [1.54, 1.807) is 22.4 Å². The van der Waals surface area contributed by atoms with E-state index in [0.29, 0.717) is 12.3 Å². The van der Waals surface area contributed by atoms with Crippen molar-refractivity contribution in [1.82, 2.24) is 9.13 Å². The molecule has 0 spiro atoms. The summed E-state index contributed by atoms with van der Waals surface area (Å²) in [5.74, 6) is 0.466. The maximum atomic E-state index is 11.8. The van der Waals surface area contributed by atoms with E-state index in [1.807, 2.05) is 6.20 Å². The van der Waals surface area contributed by atoms with Crippen molar-refractivity contribution in [2.75, 3.05) is 0 Å². The first-order valence-corrected chi connectivity index (χ1v) is 5.51. The Morgan fingerprint density at radius 1 is 1.40 bits per heavy atom. The summed E-state index contributed by atoms with van der Waals surface area (Å²) in [7, 11) is 1.75. The molecule has 1 aliphatic carbocycles. The largest absolute Gasteiger partial charge is 0.393 e. The van der Waals surface area contributed by atoms with Gasteiger partial charge in [-0.3, -0.25) is 4.57 Å². The van der Waals surface area contributed by atoms with E-state index in [2.05, 4.69) is 6.92 Å². The molecular formula is C11H18N2O2. The van der Waals surface area contributed by atoms with Crippen molar-refractivity contribution in [1.29, 1.82) is 0 Å². The van der Waals surface area contributed by atoms with Gasteiger partial charge >= 0.3 is 5.69 Å². The molecule has 4 heteroatoms. The standard InChI is InChI=1S/C11H18N2O2/c1-8-3-4-9(14)7-10(8)13-6-5-12(2)11(13)15/h5-6,8-10,14H,3-4,7H2,1-2H3. The molecule has 4 nitrogen and oxygen atoms in total. The lowest BCUT2D eigenvalue weighted by Gasteiger charge is -2.32. The lowest BCUT2D eigenvalue weighted by molar-refractivity contribution is 0.0766. The zero-order chi connectivity index (χ0) is 11.0. The SMILES string of the molecule is CC1CCC(O)CC1n1ccn(C)c1=O. The van der Waals surface area contributed by atoms with Gasteiger partial charge in [0.15, 0.2) is 0 Å². The second kappa shape index (κ2) is 3.85. The molecule has 1 saturated carbocycles. The van der Waals surface area contributed by atoms with Crippen LogP contribution in [-0.4, -0.2) is 20.3 Å². The van der Waals surface area contributed by atoms with Crippen molar-refractivity contribution in [3.63, 3.8) is 0 Å². The highest BCUT2D eigenvalue weighted by atomic mass is 16.3. The molecule has 2 rings (SSSR count). The first kappa shape index (κ1) is 10.5. The van der Waals surface area contributed by atoms with Gasteiger partial charge in [-0.15, -0.1) is 0 Å². The minimum absolute atomic E-state index is 0.0148. The lowest BCUT2D eigenvalue weighted by Crippen LogP contribution is -2.34. The molecule has 1 aromatic rings. The number of hydrogen-bond acceptors (Lipinski definition) is 2. The zero-order valence-electron chi connectivity index (χ0n) is 9.26. The lowest BCUT2D eigenvalue weighted by atomic mass is 9.84. The van der Waals surface area contributed by atoms with Crippen LogP contribution in [0.1, 0.15) is 32.2 Å². The second-order valence-corrected chi connectivity index (χ2v) is 4.61. The van der Waals surface area contributed by atoms with Crippen LogP contribution in [0.15, 0.2) is 17.2 Å². The number of hydrogen-bond donors (Lipinski definition) is 1. The molecule has 1 aliphatic rings. The molecule has 0 bridgehead atoms. The van der Waals surface area contributed by atoms with Gasteiger partial charge in [-0.2, -0.15) is 0 Å². The fourth-order valence-electron chi connectivity index (χ4n) is 2.40. The van der Waals surface area contributed by atoms with E-state index in [9.17, 15) is 9.90 Å². The van der Waals surface area contributed by atoms with Gasteiger partial charge in [0.1, 0.15) is 0 Å². The smallest absolute Gasteiger partial charge is 0.328 e. The van der Waals surface area contributed by atoms with E-state index in [4.69, 9.17) is 0 Å². The van der Waals surface area contributed by atoms with Crippen molar-refractivity contribution in [3.05, 3.63) is 22.9 Å². The Hall–Kier alpha value is -1.03. The average molecular weight is 210 g/mol. The average Bonchev–Trinajstić information content (AvgIpc) is 2.52. The Morgan fingerprint density at radius 2 is 2.13 bits per heavy atom. The minimum Gasteiger partial charge on any atom is -0.393 e. The van der Waals surface area contributed by atoms with Crippen LogP contribution in [-0.2, 0) is 7.05 Å². The highest BCUT2D eigenvalue weighted by molar-refractivity contribution is 4.89. The van der Waals surface area contributed by atoms with Crippen LogP contribution in [0.5, 0.6) is 0 Å². The van der Waals surface area contributed by atoms with Crippen LogP contribution < -0.4 is 5.69 Å². The molecule has 15 heavy (non-hydrogen) atoms. The van der Waals surface area contributed by atoms with Crippen molar-refractivity contribution in [2.24, 2.45) is 13.0 Å². The molecular weight excluding hydrogens is 192 g/mol. The monoisotopic (exact) mass is 210 g/mol. The summed E-state index contributed by atoms with van der Waals surface area (Å²) < 4.78 is 3.33.